The number of hydrogen-bond acceptors (Lipinski definition) is 8. The maximum Gasteiger partial charge on any atom is 0.291 e. The zero-order chi connectivity index (χ0) is 20.7. The van der Waals surface area contributed by atoms with Crippen LogP contribution in [0.25, 0.3) is 21.3 Å². The molecule has 4 aromatic rings. The molecule has 150 valence electrons. The average Bonchev–Trinajstić information content (AvgIpc) is 3.32. The van der Waals surface area contributed by atoms with Gasteiger partial charge in [-0.3, -0.25) is 9.48 Å². The van der Waals surface area contributed by atoms with Gasteiger partial charge in [0.15, 0.2) is 5.65 Å². The van der Waals surface area contributed by atoms with Crippen LogP contribution in [0.5, 0.6) is 0 Å². The molecule has 4 aromatic heterocycles. The van der Waals surface area contributed by atoms with E-state index in [-0.39, 0.29) is 18.7 Å². The van der Waals surface area contributed by atoms with Gasteiger partial charge in [0, 0.05) is 49.6 Å². The van der Waals surface area contributed by atoms with Crippen molar-refractivity contribution in [1.82, 2.24) is 29.1 Å². The van der Waals surface area contributed by atoms with Gasteiger partial charge in [-0.15, -0.1) is 11.3 Å². The lowest BCUT2D eigenvalue weighted by Gasteiger charge is -2.05. The summed E-state index contributed by atoms with van der Waals surface area (Å²) in [6.45, 7) is 0.0241. The lowest BCUT2D eigenvalue weighted by molar-refractivity contribution is 0.280. The summed E-state index contributed by atoms with van der Waals surface area (Å²) in [6.07, 6.45) is 6.52. The fraction of sp³-hybridized carbons (Fsp3) is 0.278. The molecule has 0 aliphatic heterocycles. The van der Waals surface area contributed by atoms with Crippen LogP contribution in [0.15, 0.2) is 29.0 Å². The van der Waals surface area contributed by atoms with Crippen LogP contribution in [0, 0.1) is 5.41 Å². The molecule has 29 heavy (non-hydrogen) atoms. The Balaban J connectivity index is 1.78. The topological polar surface area (TPSA) is 141 Å². The van der Waals surface area contributed by atoms with E-state index in [1.807, 2.05) is 0 Å². The first-order valence-electron chi connectivity index (χ1n) is 8.84. The van der Waals surface area contributed by atoms with Gasteiger partial charge in [-0.1, -0.05) is 0 Å². The van der Waals surface area contributed by atoms with Gasteiger partial charge in [-0.05, 0) is 6.08 Å². The van der Waals surface area contributed by atoms with Gasteiger partial charge >= 0.3 is 0 Å². The predicted octanol–water partition coefficient (Wildman–Crippen LogP) is 0.653. The normalized spacial score (nSPS) is 12.3. The molecule has 0 aromatic carbocycles. The highest BCUT2D eigenvalue weighted by molar-refractivity contribution is 7.19. The van der Waals surface area contributed by atoms with Gasteiger partial charge in [-0.25, -0.2) is 9.67 Å². The molecule has 0 amide bonds. The second-order valence-electron chi connectivity index (χ2n) is 6.71. The molecule has 0 aliphatic rings. The van der Waals surface area contributed by atoms with Crippen LogP contribution in [-0.2, 0) is 33.7 Å². The van der Waals surface area contributed by atoms with Crippen molar-refractivity contribution in [3.63, 3.8) is 0 Å². The number of nitrogens with one attached hydrogen (secondary N) is 1. The van der Waals surface area contributed by atoms with Gasteiger partial charge < -0.3 is 20.8 Å². The summed E-state index contributed by atoms with van der Waals surface area (Å²) in [5, 5.41) is 26.8. The van der Waals surface area contributed by atoms with Crippen LogP contribution >= 0.6 is 11.3 Å². The van der Waals surface area contributed by atoms with E-state index in [1.165, 1.54) is 22.1 Å². The number of aliphatic hydroxyl groups is 1. The fourth-order valence-electron chi connectivity index (χ4n) is 3.35. The summed E-state index contributed by atoms with van der Waals surface area (Å²) < 4.78 is 5.60. The summed E-state index contributed by atoms with van der Waals surface area (Å²) in [4.78, 5) is 17.7. The van der Waals surface area contributed by atoms with Gasteiger partial charge in [0.05, 0.1) is 29.7 Å². The molecule has 0 atom stereocenters. The van der Waals surface area contributed by atoms with Crippen LogP contribution in [0.3, 0.4) is 0 Å². The summed E-state index contributed by atoms with van der Waals surface area (Å²) in [6, 6.07) is 0. The highest BCUT2D eigenvalue weighted by atomic mass is 32.1. The quantitative estimate of drug-likeness (QED) is 0.397. The van der Waals surface area contributed by atoms with E-state index in [0.29, 0.717) is 34.5 Å². The second-order valence-corrected chi connectivity index (χ2v) is 7.79. The highest BCUT2D eigenvalue weighted by Crippen LogP contribution is 2.31. The zero-order valence-electron chi connectivity index (χ0n) is 16.0. The molecule has 4 heterocycles. The Morgan fingerprint density at radius 2 is 2.21 bits per heavy atom. The fourth-order valence-corrected chi connectivity index (χ4v) is 4.49. The number of hydrogen-bond donors (Lipinski definition) is 3. The molecular weight excluding hydrogens is 392 g/mol. The molecule has 0 aliphatic carbocycles. The van der Waals surface area contributed by atoms with E-state index in [2.05, 4.69) is 15.2 Å². The maximum atomic E-state index is 13.1. The van der Waals surface area contributed by atoms with Crippen molar-refractivity contribution in [2.45, 2.75) is 19.6 Å². The van der Waals surface area contributed by atoms with Crippen LogP contribution in [0.4, 0.5) is 0 Å². The van der Waals surface area contributed by atoms with Gasteiger partial charge in [-0.2, -0.15) is 10.2 Å². The molecule has 0 unspecified atom stereocenters. The third-order valence-electron chi connectivity index (χ3n) is 4.68. The first kappa shape index (κ1) is 19.0. The number of aryl methyl sites for hydroxylation is 2. The standard InChI is InChI=1S/C18H20N8O2S/c1-24-7-10(9-27)13(23-24)8-26-18(28)15-12(6-21-26)16-17(25(15)2)22-14(29-16)5-11(20)3-4-19/h3-4,6-7,19,27H,5,8-9,20H2,1-2H3. The van der Waals surface area contributed by atoms with Crippen LogP contribution in [0.2, 0.25) is 0 Å². The smallest absolute Gasteiger partial charge is 0.291 e. The van der Waals surface area contributed by atoms with Crippen molar-refractivity contribution < 1.29 is 5.11 Å². The average molecular weight is 412 g/mol. The molecule has 4 rings (SSSR count). The predicted molar refractivity (Wildman–Crippen MR) is 111 cm³/mol. The Labute approximate surface area is 169 Å². The largest absolute Gasteiger partial charge is 0.402 e. The number of aromatic nitrogens is 6. The SMILES string of the molecule is Cn1cc(CO)c(Cn2ncc3c4sc(CC(N)=CC=N)nc4n(C)c3c2=O)n1. The van der Waals surface area contributed by atoms with Crippen molar-refractivity contribution in [3.05, 3.63) is 50.8 Å². The van der Waals surface area contributed by atoms with E-state index < -0.39 is 0 Å². The van der Waals surface area contributed by atoms with E-state index in [4.69, 9.17) is 11.1 Å². The third kappa shape index (κ3) is 3.23. The van der Waals surface area contributed by atoms with Gasteiger partial charge in [0.1, 0.15) is 10.5 Å². The molecule has 0 saturated carbocycles. The molecule has 11 heteroatoms. The first-order valence-corrected chi connectivity index (χ1v) is 9.65. The Morgan fingerprint density at radius 1 is 1.41 bits per heavy atom. The minimum absolute atomic E-state index is 0.150. The monoisotopic (exact) mass is 412 g/mol. The summed E-state index contributed by atoms with van der Waals surface area (Å²) in [5.41, 5.74) is 8.68. The molecule has 4 N–H and O–H groups in total. The van der Waals surface area contributed by atoms with Crippen molar-refractivity contribution in [3.8, 4) is 0 Å². The second kappa shape index (κ2) is 7.26. The minimum atomic E-state index is -0.241. The summed E-state index contributed by atoms with van der Waals surface area (Å²) in [7, 11) is 3.57. The lowest BCUT2D eigenvalue weighted by Crippen LogP contribution is -2.25. The number of nitrogens with two attached hydrogens (primary N) is 1. The molecule has 0 spiro atoms. The molecule has 10 nitrogen and oxygen atoms in total. The van der Waals surface area contributed by atoms with Crippen molar-refractivity contribution in [2.24, 2.45) is 19.8 Å². The zero-order valence-corrected chi connectivity index (χ0v) is 16.8. The molecule has 0 radical (unpaired) electrons. The van der Waals surface area contributed by atoms with Gasteiger partial charge in [0.25, 0.3) is 5.56 Å². The molecule has 0 fully saturated rings. The Bertz CT molecular complexity index is 1320. The summed E-state index contributed by atoms with van der Waals surface area (Å²) in [5.74, 6) is 0. The molecule has 0 bridgehead atoms. The van der Waals surface area contributed by atoms with Crippen LogP contribution in [-0.4, -0.2) is 40.4 Å². The third-order valence-corrected chi connectivity index (χ3v) is 5.76. The van der Waals surface area contributed by atoms with E-state index >= 15 is 0 Å². The number of thiazole rings is 1. The Kier molecular flexibility index (Phi) is 4.76. The number of nitrogens with zero attached hydrogens (tertiary/aromatic N) is 6. The van der Waals surface area contributed by atoms with Gasteiger partial charge in [0.2, 0.25) is 0 Å². The minimum Gasteiger partial charge on any atom is -0.402 e. The van der Waals surface area contributed by atoms with Crippen LogP contribution in [0.1, 0.15) is 16.3 Å². The number of aliphatic hydroxyl groups excluding tert-OH is 1. The molecular formula is C18H20N8O2S. The van der Waals surface area contributed by atoms with E-state index in [0.717, 1.165) is 21.3 Å². The van der Waals surface area contributed by atoms with E-state index in [9.17, 15) is 9.90 Å². The highest BCUT2D eigenvalue weighted by Gasteiger charge is 2.19. The Hall–Kier alpha value is -3.31. The van der Waals surface area contributed by atoms with Crippen molar-refractivity contribution >= 4 is 38.8 Å². The maximum absolute atomic E-state index is 13.1. The first-order chi connectivity index (χ1) is 13.9. The summed E-state index contributed by atoms with van der Waals surface area (Å²) >= 11 is 1.46. The molecule has 0 saturated heterocycles. The Morgan fingerprint density at radius 3 is 2.93 bits per heavy atom. The number of rotatable bonds is 6. The van der Waals surface area contributed by atoms with Crippen molar-refractivity contribution in [1.29, 1.82) is 5.41 Å². The lowest BCUT2D eigenvalue weighted by atomic mass is 10.2. The number of fused-ring (bicyclic) bond motifs is 3. The number of allylic oxidation sites excluding steroid dienone is 2. The van der Waals surface area contributed by atoms with Crippen LogP contribution < -0.4 is 11.3 Å². The van der Waals surface area contributed by atoms with E-state index in [1.54, 1.807) is 35.7 Å². The van der Waals surface area contributed by atoms with Crippen molar-refractivity contribution in [2.75, 3.05) is 0 Å².